The highest BCUT2D eigenvalue weighted by Gasteiger charge is 2.25. The Morgan fingerprint density at radius 2 is 2.20 bits per heavy atom. The molecule has 0 fully saturated rings. The summed E-state index contributed by atoms with van der Waals surface area (Å²) in [6.07, 6.45) is 8.23. The molecular weight excluding hydrogens is 332 g/mol. The molecule has 1 aliphatic heterocycles. The molecule has 0 amide bonds. The average molecular weight is 356 g/mol. The highest BCUT2D eigenvalue weighted by molar-refractivity contribution is 7.98. The minimum absolute atomic E-state index is 0.000318. The second-order valence-corrected chi connectivity index (χ2v) is 6.42. The molecule has 0 unspecified atom stereocenters. The number of nitrogens with one attached hydrogen (secondary N) is 1. The molecule has 3 rings (SSSR count). The van der Waals surface area contributed by atoms with E-state index in [1.165, 1.54) is 0 Å². The van der Waals surface area contributed by atoms with E-state index >= 15 is 0 Å². The summed E-state index contributed by atoms with van der Waals surface area (Å²) in [6, 6.07) is 1.90. The zero-order valence-corrected chi connectivity index (χ0v) is 16.0. The van der Waals surface area contributed by atoms with Gasteiger partial charge in [0, 0.05) is 30.4 Å². The number of anilines is 1. The normalized spacial score (nSPS) is 12.4. The Morgan fingerprint density at radius 1 is 1.48 bits per heavy atom. The fraction of sp³-hybridized carbons (Fsp3) is 0.316. The Labute approximate surface area is 152 Å². The quantitative estimate of drug-likeness (QED) is 0.825. The van der Waals surface area contributed by atoms with Crippen LogP contribution in [-0.2, 0) is 5.75 Å². The van der Waals surface area contributed by atoms with Crippen molar-refractivity contribution in [2.75, 3.05) is 12.4 Å². The van der Waals surface area contributed by atoms with Gasteiger partial charge in [0.05, 0.1) is 16.8 Å². The van der Waals surface area contributed by atoms with Crippen LogP contribution in [0, 0.1) is 0 Å². The van der Waals surface area contributed by atoms with E-state index in [0.717, 1.165) is 39.7 Å². The van der Waals surface area contributed by atoms with Gasteiger partial charge < -0.3 is 5.32 Å². The average Bonchev–Trinajstić information content (AvgIpc) is 2.67. The van der Waals surface area contributed by atoms with Gasteiger partial charge in [-0.15, -0.1) is 18.3 Å². The topological polar surface area (TPSA) is 59.8 Å². The molecule has 0 aromatic carbocycles. The van der Waals surface area contributed by atoms with E-state index in [2.05, 4.69) is 28.8 Å². The minimum Gasteiger partial charge on any atom is -0.387 e. The summed E-state index contributed by atoms with van der Waals surface area (Å²) in [4.78, 5) is 21.6. The van der Waals surface area contributed by atoms with E-state index < -0.39 is 0 Å². The lowest BCUT2D eigenvalue weighted by Crippen LogP contribution is -2.25. The predicted molar refractivity (Wildman–Crippen MR) is 107 cm³/mol. The number of thioether (sulfide) groups is 1. The van der Waals surface area contributed by atoms with E-state index in [1.54, 1.807) is 28.9 Å². The molecule has 2 aromatic rings. The van der Waals surface area contributed by atoms with Crippen molar-refractivity contribution in [3.63, 3.8) is 0 Å². The van der Waals surface area contributed by atoms with Gasteiger partial charge in [-0.25, -0.2) is 9.97 Å². The molecule has 2 aromatic heterocycles. The lowest BCUT2D eigenvalue weighted by Gasteiger charge is -2.20. The van der Waals surface area contributed by atoms with Gasteiger partial charge in [-0.2, -0.15) is 0 Å². The van der Waals surface area contributed by atoms with Crippen LogP contribution in [0.5, 0.6) is 0 Å². The van der Waals surface area contributed by atoms with E-state index in [1.807, 2.05) is 39.1 Å². The first-order valence-electron chi connectivity index (χ1n) is 8.23. The summed E-state index contributed by atoms with van der Waals surface area (Å²) in [7, 11) is 1.86. The number of aromatic nitrogens is 3. The number of rotatable bonds is 3. The zero-order chi connectivity index (χ0) is 18.4. The minimum atomic E-state index is -0.000318. The number of nitrogens with zero attached hydrogens (tertiary/aromatic N) is 3. The SMILES string of the molecule is C/C=C(\C)n1cnc2c(c1=O)CSc1nccc(NC)c1-2.C=CCC. The van der Waals surface area contributed by atoms with Crippen molar-refractivity contribution in [2.24, 2.45) is 0 Å². The van der Waals surface area contributed by atoms with Crippen LogP contribution < -0.4 is 10.9 Å². The molecule has 6 heteroatoms. The van der Waals surface area contributed by atoms with Crippen LogP contribution in [-0.4, -0.2) is 21.6 Å². The molecule has 0 radical (unpaired) electrons. The Hall–Kier alpha value is -2.34. The van der Waals surface area contributed by atoms with Crippen molar-refractivity contribution in [2.45, 2.75) is 38.0 Å². The van der Waals surface area contributed by atoms with E-state index in [9.17, 15) is 4.79 Å². The maximum atomic E-state index is 12.7. The molecule has 0 aliphatic carbocycles. The molecule has 0 saturated heterocycles. The van der Waals surface area contributed by atoms with E-state index in [0.29, 0.717) is 5.75 Å². The Morgan fingerprint density at radius 3 is 2.80 bits per heavy atom. The van der Waals surface area contributed by atoms with Crippen molar-refractivity contribution in [3.8, 4) is 11.3 Å². The number of fused-ring (bicyclic) bond motifs is 3. The van der Waals surface area contributed by atoms with Gasteiger partial charge in [0.1, 0.15) is 11.4 Å². The summed E-state index contributed by atoms with van der Waals surface area (Å²) in [6.45, 7) is 9.36. The van der Waals surface area contributed by atoms with Gasteiger partial charge in [-0.3, -0.25) is 9.36 Å². The van der Waals surface area contributed by atoms with Gasteiger partial charge in [0.2, 0.25) is 0 Å². The second kappa shape index (κ2) is 8.67. The molecular formula is C19H24N4OS. The summed E-state index contributed by atoms with van der Waals surface area (Å²) >= 11 is 1.58. The maximum absolute atomic E-state index is 12.7. The third-order valence-electron chi connectivity index (χ3n) is 3.93. The van der Waals surface area contributed by atoms with Gasteiger partial charge in [0.25, 0.3) is 5.56 Å². The second-order valence-electron chi connectivity index (χ2n) is 5.45. The molecule has 132 valence electrons. The highest BCUT2D eigenvalue weighted by atomic mass is 32.2. The van der Waals surface area contributed by atoms with Crippen molar-refractivity contribution in [3.05, 3.63) is 53.2 Å². The summed E-state index contributed by atoms with van der Waals surface area (Å²) in [5.41, 5.74) is 4.23. The van der Waals surface area contributed by atoms with Crippen LogP contribution in [0.3, 0.4) is 0 Å². The van der Waals surface area contributed by atoms with Gasteiger partial charge in [-0.05, 0) is 26.3 Å². The van der Waals surface area contributed by atoms with E-state index in [-0.39, 0.29) is 5.56 Å². The largest absolute Gasteiger partial charge is 0.387 e. The lowest BCUT2D eigenvalue weighted by molar-refractivity contribution is 0.919. The molecule has 0 saturated carbocycles. The molecule has 25 heavy (non-hydrogen) atoms. The Kier molecular flexibility index (Phi) is 6.58. The molecule has 3 heterocycles. The number of hydrogen-bond donors (Lipinski definition) is 1. The predicted octanol–water partition coefficient (Wildman–Crippen LogP) is 4.42. The highest BCUT2D eigenvalue weighted by Crippen LogP contribution is 2.41. The zero-order valence-electron chi connectivity index (χ0n) is 15.2. The first-order valence-corrected chi connectivity index (χ1v) is 9.22. The third kappa shape index (κ3) is 3.85. The molecule has 0 spiro atoms. The number of hydrogen-bond acceptors (Lipinski definition) is 5. The van der Waals surface area contributed by atoms with Crippen molar-refractivity contribution in [1.82, 2.24) is 14.5 Å². The first kappa shape index (κ1) is 19.0. The van der Waals surface area contributed by atoms with Crippen LogP contribution in [0.1, 0.15) is 32.8 Å². The molecule has 0 atom stereocenters. The van der Waals surface area contributed by atoms with Crippen LogP contribution in [0.2, 0.25) is 0 Å². The van der Waals surface area contributed by atoms with Crippen LogP contribution in [0.4, 0.5) is 5.69 Å². The molecule has 0 bridgehead atoms. The van der Waals surface area contributed by atoms with Crippen molar-refractivity contribution in [1.29, 1.82) is 0 Å². The monoisotopic (exact) mass is 356 g/mol. The van der Waals surface area contributed by atoms with Gasteiger partial charge in [-0.1, -0.05) is 19.1 Å². The molecule has 1 N–H and O–H groups in total. The van der Waals surface area contributed by atoms with Gasteiger partial charge >= 0.3 is 0 Å². The standard InChI is InChI=1S/C15H16N4OS.C4H8/c1-4-9(2)19-8-18-13-10(15(19)20)7-21-14-12(13)11(16-3)5-6-17-14;1-3-4-2/h4-6,8H,7H2,1-3H3,(H,16,17);3H,1,4H2,2H3/b9-4+;. The smallest absolute Gasteiger partial charge is 0.262 e. The summed E-state index contributed by atoms with van der Waals surface area (Å²) < 4.78 is 1.60. The Balaban J connectivity index is 0.000000511. The van der Waals surface area contributed by atoms with Crippen LogP contribution >= 0.6 is 11.8 Å². The number of pyridine rings is 1. The van der Waals surface area contributed by atoms with Crippen molar-refractivity contribution < 1.29 is 0 Å². The van der Waals surface area contributed by atoms with Crippen LogP contribution in [0.15, 0.2) is 47.1 Å². The van der Waals surface area contributed by atoms with Gasteiger partial charge in [0.15, 0.2) is 0 Å². The summed E-state index contributed by atoms with van der Waals surface area (Å²) in [5, 5.41) is 4.07. The Bertz CT molecular complexity index is 841. The third-order valence-corrected chi connectivity index (χ3v) is 4.94. The fourth-order valence-corrected chi connectivity index (χ4v) is 3.39. The van der Waals surface area contributed by atoms with E-state index in [4.69, 9.17) is 0 Å². The molecule has 5 nitrogen and oxygen atoms in total. The molecule has 1 aliphatic rings. The first-order chi connectivity index (χ1) is 12.1. The van der Waals surface area contributed by atoms with Crippen LogP contribution in [0.25, 0.3) is 17.0 Å². The maximum Gasteiger partial charge on any atom is 0.262 e. The fourth-order valence-electron chi connectivity index (χ4n) is 2.36. The summed E-state index contributed by atoms with van der Waals surface area (Å²) in [5.74, 6) is 0.603. The number of allylic oxidation sites excluding steroid dienone is 3. The van der Waals surface area contributed by atoms with Crippen molar-refractivity contribution >= 4 is 23.1 Å². The lowest BCUT2D eigenvalue weighted by atomic mass is 10.1.